The van der Waals surface area contributed by atoms with Crippen molar-refractivity contribution in [3.63, 3.8) is 0 Å². The molecule has 2 atom stereocenters. The molecule has 1 N–H and O–H groups in total. The van der Waals surface area contributed by atoms with Gasteiger partial charge in [0, 0.05) is 0 Å². The topological polar surface area (TPSA) is 12.0 Å². The molecule has 2 bridgehead atoms. The first-order valence-electron chi connectivity index (χ1n) is 8.16. The minimum Gasteiger partial charge on any atom is -0.316 e. The summed E-state index contributed by atoms with van der Waals surface area (Å²) in [7, 11) is 0. The minimum atomic E-state index is 0.982. The van der Waals surface area contributed by atoms with Gasteiger partial charge in [-0.1, -0.05) is 57.8 Å². The van der Waals surface area contributed by atoms with Crippen LogP contribution in [-0.2, 0) is 0 Å². The van der Waals surface area contributed by atoms with Crippen LogP contribution in [0.3, 0.4) is 0 Å². The van der Waals surface area contributed by atoms with Crippen LogP contribution in [0.15, 0.2) is 0 Å². The Balaban J connectivity index is 1.86. The van der Waals surface area contributed by atoms with E-state index in [1.54, 1.807) is 0 Å². The number of rotatable bonds is 0. The van der Waals surface area contributed by atoms with Gasteiger partial charge in [0.2, 0.25) is 0 Å². The summed E-state index contributed by atoms with van der Waals surface area (Å²) in [6.07, 6.45) is 17.9. The zero-order valence-electron chi connectivity index (χ0n) is 11.6. The van der Waals surface area contributed by atoms with Gasteiger partial charge in [-0.25, -0.2) is 0 Å². The highest BCUT2D eigenvalue weighted by Crippen LogP contribution is 2.28. The fourth-order valence-corrected chi connectivity index (χ4v) is 3.64. The lowest BCUT2D eigenvalue weighted by Crippen LogP contribution is -2.24. The van der Waals surface area contributed by atoms with Crippen molar-refractivity contribution in [3.05, 3.63) is 0 Å². The first kappa shape index (κ1) is 13.4. The molecule has 100 valence electrons. The molecule has 1 aliphatic heterocycles. The van der Waals surface area contributed by atoms with Crippen LogP contribution >= 0.6 is 0 Å². The summed E-state index contributed by atoms with van der Waals surface area (Å²) in [5, 5.41) is 3.70. The highest BCUT2D eigenvalue weighted by atomic mass is 14.8. The predicted molar refractivity (Wildman–Crippen MR) is 75.3 cm³/mol. The van der Waals surface area contributed by atoms with Crippen LogP contribution in [-0.4, -0.2) is 13.1 Å². The Hall–Kier alpha value is -0.0400. The molecular weight excluding hydrogens is 206 g/mol. The average Bonchev–Trinajstić information content (AvgIpc) is 2.42. The first-order chi connectivity index (χ1) is 8.45. The van der Waals surface area contributed by atoms with E-state index < -0.39 is 0 Å². The zero-order valence-corrected chi connectivity index (χ0v) is 11.6. The molecule has 1 heterocycles. The first-order valence-corrected chi connectivity index (χ1v) is 8.16. The van der Waals surface area contributed by atoms with Crippen molar-refractivity contribution in [1.82, 2.24) is 5.32 Å². The molecule has 2 unspecified atom stereocenters. The normalized spacial score (nSPS) is 33.9. The fourth-order valence-electron chi connectivity index (χ4n) is 3.64. The van der Waals surface area contributed by atoms with Crippen LogP contribution in [0, 0.1) is 11.8 Å². The van der Waals surface area contributed by atoms with Crippen molar-refractivity contribution in [2.24, 2.45) is 11.8 Å². The monoisotopic (exact) mass is 237 g/mol. The predicted octanol–water partition coefficient (Wildman–Crippen LogP) is 4.52. The van der Waals surface area contributed by atoms with E-state index in [9.17, 15) is 0 Å². The highest BCUT2D eigenvalue weighted by Gasteiger charge is 2.16. The maximum absolute atomic E-state index is 3.70. The van der Waals surface area contributed by atoms with E-state index in [2.05, 4.69) is 5.32 Å². The molecule has 17 heavy (non-hydrogen) atoms. The second-order valence-corrected chi connectivity index (χ2v) is 6.35. The lowest BCUT2D eigenvalue weighted by Gasteiger charge is -2.21. The van der Waals surface area contributed by atoms with Crippen LogP contribution in [0.1, 0.15) is 77.0 Å². The minimum absolute atomic E-state index is 0.982. The summed E-state index contributed by atoms with van der Waals surface area (Å²) in [6.45, 7) is 2.56. The second-order valence-electron chi connectivity index (χ2n) is 6.35. The van der Waals surface area contributed by atoms with Gasteiger partial charge in [-0.05, 0) is 44.2 Å². The van der Waals surface area contributed by atoms with Crippen molar-refractivity contribution in [2.45, 2.75) is 77.0 Å². The summed E-state index contributed by atoms with van der Waals surface area (Å²) < 4.78 is 0. The molecule has 0 spiro atoms. The van der Waals surface area contributed by atoms with E-state index >= 15 is 0 Å². The van der Waals surface area contributed by atoms with Gasteiger partial charge in [-0.15, -0.1) is 0 Å². The number of hydrogen-bond donors (Lipinski definition) is 1. The van der Waals surface area contributed by atoms with Crippen molar-refractivity contribution in [1.29, 1.82) is 0 Å². The standard InChI is InChI=1S/C16H31N/c1-2-7-13-17-14-16-10-6-3-5-9-15(8-4-1)11-12-16/h15-17H,1-14H2. The Morgan fingerprint density at radius 1 is 0.529 bits per heavy atom. The molecule has 1 saturated carbocycles. The fraction of sp³-hybridized carbons (Fsp3) is 1.00. The Morgan fingerprint density at radius 2 is 1.12 bits per heavy atom. The molecule has 0 aromatic rings. The molecule has 1 heteroatoms. The third-order valence-electron chi connectivity index (χ3n) is 4.86. The van der Waals surface area contributed by atoms with Crippen molar-refractivity contribution in [3.8, 4) is 0 Å². The molecule has 0 aromatic carbocycles. The van der Waals surface area contributed by atoms with E-state index in [-0.39, 0.29) is 0 Å². The molecular formula is C16H31N. The Morgan fingerprint density at radius 3 is 1.94 bits per heavy atom. The van der Waals surface area contributed by atoms with Gasteiger partial charge in [0.05, 0.1) is 0 Å². The van der Waals surface area contributed by atoms with Crippen LogP contribution in [0.25, 0.3) is 0 Å². The van der Waals surface area contributed by atoms with E-state index in [1.165, 1.54) is 90.1 Å². The summed E-state index contributed by atoms with van der Waals surface area (Å²) in [4.78, 5) is 0. The maximum Gasteiger partial charge on any atom is -0.00205 e. The highest BCUT2D eigenvalue weighted by molar-refractivity contribution is 4.71. The van der Waals surface area contributed by atoms with E-state index in [0.717, 1.165) is 11.8 Å². The molecule has 0 amide bonds. The van der Waals surface area contributed by atoms with Gasteiger partial charge >= 0.3 is 0 Å². The number of nitrogens with one attached hydrogen (secondary N) is 1. The molecule has 0 radical (unpaired) electrons. The van der Waals surface area contributed by atoms with Crippen molar-refractivity contribution in [2.75, 3.05) is 13.1 Å². The van der Waals surface area contributed by atoms with Gasteiger partial charge in [0.25, 0.3) is 0 Å². The van der Waals surface area contributed by atoms with E-state index in [4.69, 9.17) is 0 Å². The van der Waals surface area contributed by atoms with E-state index in [1.807, 2.05) is 0 Å². The maximum atomic E-state index is 3.70. The third-order valence-corrected chi connectivity index (χ3v) is 4.86. The van der Waals surface area contributed by atoms with Crippen LogP contribution in [0.5, 0.6) is 0 Å². The second kappa shape index (κ2) is 8.13. The lowest BCUT2D eigenvalue weighted by molar-refractivity contribution is 0.335. The summed E-state index contributed by atoms with van der Waals surface area (Å²) in [6, 6.07) is 0. The van der Waals surface area contributed by atoms with Crippen molar-refractivity contribution < 1.29 is 0 Å². The van der Waals surface area contributed by atoms with Crippen molar-refractivity contribution >= 4 is 0 Å². The smallest absolute Gasteiger partial charge is 0.00205 e. The summed E-state index contributed by atoms with van der Waals surface area (Å²) in [5.74, 6) is 2.05. The Labute approximate surface area is 108 Å². The molecule has 1 saturated heterocycles. The lowest BCUT2D eigenvalue weighted by atomic mass is 9.88. The number of fused-ring (bicyclic) bond motifs is 3. The van der Waals surface area contributed by atoms with Gasteiger partial charge in [0.15, 0.2) is 0 Å². The Kier molecular flexibility index (Phi) is 6.41. The summed E-state index contributed by atoms with van der Waals surface area (Å²) >= 11 is 0. The zero-order chi connectivity index (χ0) is 11.8. The SMILES string of the molecule is C1CCCC2CCCCCC(CC2)CNCC1. The molecule has 2 aliphatic rings. The van der Waals surface area contributed by atoms with Gasteiger partial charge in [-0.3, -0.25) is 0 Å². The molecule has 2 rings (SSSR count). The average molecular weight is 237 g/mol. The largest absolute Gasteiger partial charge is 0.316 e. The van der Waals surface area contributed by atoms with Crippen LogP contribution < -0.4 is 5.32 Å². The molecule has 1 aliphatic carbocycles. The number of hydrogen-bond acceptors (Lipinski definition) is 1. The molecule has 0 aromatic heterocycles. The van der Waals surface area contributed by atoms with Crippen LogP contribution in [0.4, 0.5) is 0 Å². The van der Waals surface area contributed by atoms with Gasteiger partial charge in [0.1, 0.15) is 0 Å². The third kappa shape index (κ3) is 5.42. The summed E-state index contributed by atoms with van der Waals surface area (Å²) in [5.41, 5.74) is 0. The quantitative estimate of drug-likeness (QED) is 0.653. The van der Waals surface area contributed by atoms with Crippen LogP contribution in [0.2, 0.25) is 0 Å². The molecule has 2 fully saturated rings. The van der Waals surface area contributed by atoms with E-state index in [0.29, 0.717) is 0 Å². The molecule has 1 nitrogen and oxygen atoms in total. The van der Waals surface area contributed by atoms with Gasteiger partial charge < -0.3 is 5.32 Å². The van der Waals surface area contributed by atoms with Gasteiger partial charge in [-0.2, -0.15) is 0 Å². The Bertz CT molecular complexity index is 170.